The van der Waals surface area contributed by atoms with E-state index in [1.165, 1.54) is 0 Å². The second kappa shape index (κ2) is 7.18. The van der Waals surface area contributed by atoms with Crippen LogP contribution in [0.5, 0.6) is 5.75 Å². The minimum atomic E-state index is -0.793. The van der Waals surface area contributed by atoms with Gasteiger partial charge in [0.25, 0.3) is 5.91 Å². The molecule has 26 heavy (non-hydrogen) atoms. The lowest BCUT2D eigenvalue weighted by Gasteiger charge is -2.57. The molecular formula is C20H27NO5. The van der Waals surface area contributed by atoms with Crippen LogP contribution in [-0.4, -0.2) is 67.1 Å². The summed E-state index contributed by atoms with van der Waals surface area (Å²) in [6.45, 7) is 5.27. The molecule has 3 heterocycles. The molecule has 4 atom stereocenters. The quantitative estimate of drug-likeness (QED) is 0.888. The van der Waals surface area contributed by atoms with Gasteiger partial charge in [-0.25, -0.2) is 0 Å². The minimum absolute atomic E-state index is 0.0116. The van der Waals surface area contributed by atoms with E-state index in [4.69, 9.17) is 14.2 Å². The summed E-state index contributed by atoms with van der Waals surface area (Å²) < 4.78 is 16.7. The SMILES string of the molecule is CCOc1ccc(C(=O)N2C[C@H]3COCC[C@@]3(O)[C@@H]3COCC[C@H]32)cc1. The molecule has 0 unspecified atom stereocenters. The van der Waals surface area contributed by atoms with Crippen molar-refractivity contribution in [2.45, 2.75) is 31.4 Å². The Labute approximate surface area is 154 Å². The summed E-state index contributed by atoms with van der Waals surface area (Å²) in [6, 6.07) is 7.33. The van der Waals surface area contributed by atoms with Crippen LogP contribution in [0.4, 0.5) is 0 Å². The fraction of sp³-hybridized carbons (Fsp3) is 0.650. The summed E-state index contributed by atoms with van der Waals surface area (Å²) in [5, 5.41) is 11.3. The molecule has 1 amide bonds. The first kappa shape index (κ1) is 17.8. The van der Waals surface area contributed by atoms with Crippen LogP contribution in [0.25, 0.3) is 0 Å². The van der Waals surface area contributed by atoms with Crippen molar-refractivity contribution >= 4 is 5.91 Å². The van der Waals surface area contributed by atoms with E-state index >= 15 is 0 Å². The highest BCUT2D eigenvalue weighted by atomic mass is 16.5. The van der Waals surface area contributed by atoms with Crippen LogP contribution >= 0.6 is 0 Å². The van der Waals surface area contributed by atoms with E-state index in [1.54, 1.807) is 0 Å². The number of carbonyl (C=O) groups is 1. The summed E-state index contributed by atoms with van der Waals surface area (Å²) in [7, 11) is 0. The Morgan fingerprint density at radius 2 is 2.04 bits per heavy atom. The molecule has 0 saturated carbocycles. The molecule has 6 heteroatoms. The highest BCUT2D eigenvalue weighted by Crippen LogP contribution is 2.44. The average Bonchev–Trinajstić information content (AvgIpc) is 2.68. The van der Waals surface area contributed by atoms with Gasteiger partial charge in [-0.15, -0.1) is 0 Å². The van der Waals surface area contributed by atoms with Crippen molar-refractivity contribution in [3.8, 4) is 5.75 Å². The van der Waals surface area contributed by atoms with E-state index in [0.717, 1.165) is 12.2 Å². The second-order valence-electron chi connectivity index (χ2n) is 7.47. The molecule has 1 aromatic rings. The van der Waals surface area contributed by atoms with Crippen molar-refractivity contribution in [1.29, 1.82) is 0 Å². The lowest BCUT2D eigenvalue weighted by atomic mass is 9.66. The predicted molar refractivity (Wildman–Crippen MR) is 95.2 cm³/mol. The fourth-order valence-electron chi connectivity index (χ4n) is 4.72. The number of hydrogen-bond donors (Lipinski definition) is 1. The first-order chi connectivity index (χ1) is 12.6. The molecule has 0 aliphatic carbocycles. The number of hydrogen-bond acceptors (Lipinski definition) is 5. The largest absolute Gasteiger partial charge is 0.494 e. The van der Waals surface area contributed by atoms with Crippen molar-refractivity contribution in [1.82, 2.24) is 4.90 Å². The normalized spacial score (nSPS) is 33.9. The van der Waals surface area contributed by atoms with Gasteiger partial charge in [-0.3, -0.25) is 4.79 Å². The smallest absolute Gasteiger partial charge is 0.254 e. The number of carbonyl (C=O) groups excluding carboxylic acids is 1. The molecule has 142 valence electrons. The number of nitrogens with zero attached hydrogens (tertiary/aromatic N) is 1. The lowest BCUT2D eigenvalue weighted by molar-refractivity contribution is -0.212. The summed E-state index contributed by atoms with van der Waals surface area (Å²) in [5.74, 6) is 0.663. The van der Waals surface area contributed by atoms with Crippen molar-refractivity contribution < 1.29 is 24.1 Å². The van der Waals surface area contributed by atoms with Gasteiger partial charge in [-0.05, 0) is 37.6 Å². The first-order valence-electron chi connectivity index (χ1n) is 9.55. The van der Waals surface area contributed by atoms with E-state index in [0.29, 0.717) is 51.6 Å². The summed E-state index contributed by atoms with van der Waals surface area (Å²) >= 11 is 0. The first-order valence-corrected chi connectivity index (χ1v) is 9.55. The Morgan fingerprint density at radius 1 is 1.27 bits per heavy atom. The van der Waals surface area contributed by atoms with Crippen molar-refractivity contribution in [2.24, 2.45) is 11.8 Å². The molecule has 3 aliphatic heterocycles. The third-order valence-electron chi connectivity index (χ3n) is 6.13. The van der Waals surface area contributed by atoms with Gasteiger partial charge < -0.3 is 24.2 Å². The van der Waals surface area contributed by atoms with Crippen molar-refractivity contribution in [2.75, 3.05) is 39.6 Å². The molecule has 3 aliphatic rings. The van der Waals surface area contributed by atoms with E-state index in [-0.39, 0.29) is 23.8 Å². The Hall–Kier alpha value is -1.63. The highest BCUT2D eigenvalue weighted by Gasteiger charge is 2.56. The summed E-state index contributed by atoms with van der Waals surface area (Å²) in [4.78, 5) is 15.2. The molecule has 0 spiro atoms. The topological polar surface area (TPSA) is 68.2 Å². The number of rotatable bonds is 3. The number of piperidine rings is 1. The summed E-state index contributed by atoms with van der Waals surface area (Å²) in [5.41, 5.74) is -0.139. The van der Waals surface area contributed by atoms with Crippen LogP contribution in [0.1, 0.15) is 30.1 Å². The van der Waals surface area contributed by atoms with Crippen molar-refractivity contribution in [3.05, 3.63) is 29.8 Å². The van der Waals surface area contributed by atoms with Gasteiger partial charge in [0.1, 0.15) is 5.75 Å². The van der Waals surface area contributed by atoms with Gasteiger partial charge in [-0.1, -0.05) is 0 Å². The predicted octanol–water partition coefficient (Wildman–Crippen LogP) is 1.71. The Morgan fingerprint density at radius 3 is 2.81 bits per heavy atom. The maximum Gasteiger partial charge on any atom is 0.254 e. The molecule has 3 saturated heterocycles. The lowest BCUT2D eigenvalue weighted by Crippen LogP contribution is -2.68. The minimum Gasteiger partial charge on any atom is -0.494 e. The number of amides is 1. The van der Waals surface area contributed by atoms with E-state index in [9.17, 15) is 9.90 Å². The van der Waals surface area contributed by atoms with E-state index < -0.39 is 5.60 Å². The highest BCUT2D eigenvalue weighted by molar-refractivity contribution is 5.94. The van der Waals surface area contributed by atoms with Crippen LogP contribution in [0.2, 0.25) is 0 Å². The zero-order chi connectivity index (χ0) is 18.1. The van der Waals surface area contributed by atoms with E-state index in [2.05, 4.69) is 0 Å². The molecule has 0 aromatic heterocycles. The maximum absolute atomic E-state index is 13.2. The number of ether oxygens (including phenoxy) is 3. The van der Waals surface area contributed by atoms with Crippen LogP contribution in [0, 0.1) is 11.8 Å². The van der Waals surface area contributed by atoms with Gasteiger partial charge in [0, 0.05) is 49.6 Å². The molecule has 1 N–H and O–H groups in total. The average molecular weight is 361 g/mol. The maximum atomic E-state index is 13.2. The standard InChI is InChI=1S/C20H27NO5/c1-2-26-16-5-3-14(4-6-16)19(22)21-11-15-12-25-10-8-20(15,23)17-13-24-9-7-18(17)21/h3-6,15,17-18,23H,2,7-13H2,1H3/t15-,17+,18+,20-/m0/s1. The second-order valence-corrected chi connectivity index (χ2v) is 7.47. The van der Waals surface area contributed by atoms with Gasteiger partial charge >= 0.3 is 0 Å². The van der Waals surface area contributed by atoms with Gasteiger partial charge in [-0.2, -0.15) is 0 Å². The summed E-state index contributed by atoms with van der Waals surface area (Å²) in [6.07, 6.45) is 1.39. The molecule has 1 aromatic carbocycles. The van der Waals surface area contributed by atoms with Gasteiger partial charge in [0.2, 0.25) is 0 Å². The monoisotopic (exact) mass is 361 g/mol. The molecular weight excluding hydrogens is 334 g/mol. The van der Waals surface area contributed by atoms with Crippen LogP contribution in [-0.2, 0) is 9.47 Å². The molecule has 0 bridgehead atoms. The van der Waals surface area contributed by atoms with E-state index in [1.807, 2.05) is 36.1 Å². The molecule has 0 radical (unpaired) electrons. The number of likely N-dealkylation sites (tertiary alicyclic amines) is 1. The zero-order valence-electron chi connectivity index (χ0n) is 15.2. The number of aliphatic hydroxyl groups is 1. The third-order valence-corrected chi connectivity index (χ3v) is 6.13. The Bertz CT molecular complexity index is 648. The molecule has 6 nitrogen and oxygen atoms in total. The fourth-order valence-corrected chi connectivity index (χ4v) is 4.72. The van der Waals surface area contributed by atoms with Crippen LogP contribution < -0.4 is 4.74 Å². The Kier molecular flexibility index (Phi) is 4.90. The van der Waals surface area contributed by atoms with Crippen molar-refractivity contribution in [3.63, 3.8) is 0 Å². The molecule has 3 fully saturated rings. The van der Waals surface area contributed by atoms with Crippen LogP contribution in [0.3, 0.4) is 0 Å². The van der Waals surface area contributed by atoms with Crippen LogP contribution in [0.15, 0.2) is 24.3 Å². The van der Waals surface area contributed by atoms with Gasteiger partial charge in [0.15, 0.2) is 0 Å². The van der Waals surface area contributed by atoms with Gasteiger partial charge in [0.05, 0.1) is 25.4 Å². The number of fused-ring (bicyclic) bond motifs is 3. The zero-order valence-corrected chi connectivity index (χ0v) is 15.2. The number of benzene rings is 1. The Balaban J connectivity index is 1.59. The third kappa shape index (κ3) is 3.00. The molecule has 4 rings (SSSR count).